The molecule has 0 radical (unpaired) electrons. The van der Waals surface area contributed by atoms with E-state index in [9.17, 15) is 0 Å². The second kappa shape index (κ2) is 11.9. The molecule has 0 bridgehead atoms. The lowest BCUT2D eigenvalue weighted by Gasteiger charge is -2.13. The predicted molar refractivity (Wildman–Crippen MR) is 95.7 cm³/mol. The van der Waals surface area contributed by atoms with E-state index in [1.807, 2.05) is 13.8 Å². The maximum absolute atomic E-state index is 5.45. The van der Waals surface area contributed by atoms with Crippen LogP contribution < -0.4 is 10.6 Å². The molecule has 7 heteroatoms. The number of nitrogens with zero attached hydrogens (tertiary/aromatic N) is 2. The average molecular weight is 340 g/mol. The molecule has 0 aromatic carbocycles. The highest BCUT2D eigenvalue weighted by Crippen LogP contribution is 2.23. The van der Waals surface area contributed by atoms with Gasteiger partial charge in [-0.3, -0.25) is 4.99 Å². The van der Waals surface area contributed by atoms with Gasteiger partial charge in [0, 0.05) is 44.8 Å². The van der Waals surface area contributed by atoms with Crippen LogP contribution in [0.2, 0.25) is 0 Å². The molecule has 138 valence electrons. The van der Waals surface area contributed by atoms with Crippen LogP contribution in [0, 0.1) is 13.8 Å². The zero-order chi connectivity index (χ0) is 17.8. The van der Waals surface area contributed by atoms with Crippen molar-refractivity contribution in [2.75, 3.05) is 46.6 Å². The van der Waals surface area contributed by atoms with Crippen molar-refractivity contribution in [3.8, 4) is 0 Å². The number of hydrogen-bond donors (Lipinski definition) is 2. The maximum atomic E-state index is 5.45. The second-order valence-electron chi connectivity index (χ2n) is 5.74. The summed E-state index contributed by atoms with van der Waals surface area (Å²) in [5.74, 6) is 1.97. The van der Waals surface area contributed by atoms with Crippen LogP contribution in [0.25, 0.3) is 0 Å². The Bertz CT molecular complexity index is 469. The Morgan fingerprint density at radius 2 is 2.04 bits per heavy atom. The van der Waals surface area contributed by atoms with E-state index in [0.717, 1.165) is 42.5 Å². The molecule has 7 nitrogen and oxygen atoms in total. The summed E-state index contributed by atoms with van der Waals surface area (Å²) < 4.78 is 15.6. The number of rotatable bonds is 11. The first-order valence-electron chi connectivity index (χ1n) is 8.61. The van der Waals surface area contributed by atoms with Gasteiger partial charge >= 0.3 is 0 Å². The first kappa shape index (κ1) is 20.4. The molecule has 1 aromatic heterocycles. The molecule has 1 aromatic rings. The third-order valence-corrected chi connectivity index (χ3v) is 3.64. The Balaban J connectivity index is 2.39. The number of aromatic nitrogens is 1. The number of nitrogens with one attached hydrogen (secondary N) is 2. The molecule has 2 N–H and O–H groups in total. The van der Waals surface area contributed by atoms with Crippen molar-refractivity contribution in [3.63, 3.8) is 0 Å². The van der Waals surface area contributed by atoms with E-state index in [1.54, 1.807) is 7.11 Å². The molecule has 0 saturated heterocycles. The smallest absolute Gasteiger partial charge is 0.191 e. The van der Waals surface area contributed by atoms with E-state index in [2.05, 4.69) is 34.6 Å². The SMILES string of the molecule is CCNC(=NCC(C)c1c(C)noc1C)NCCCOCCOC. The molecule has 1 rings (SSSR count). The lowest BCUT2D eigenvalue weighted by Crippen LogP contribution is -2.38. The summed E-state index contributed by atoms with van der Waals surface area (Å²) in [5, 5.41) is 10.6. The zero-order valence-corrected chi connectivity index (χ0v) is 15.6. The summed E-state index contributed by atoms with van der Waals surface area (Å²) in [4.78, 5) is 4.66. The third-order valence-electron chi connectivity index (χ3n) is 3.64. The number of methoxy groups -OCH3 is 1. The Hall–Kier alpha value is -1.60. The van der Waals surface area contributed by atoms with Crippen molar-refractivity contribution in [3.05, 3.63) is 17.0 Å². The third kappa shape index (κ3) is 7.31. The molecular weight excluding hydrogens is 308 g/mol. The molecule has 0 fully saturated rings. The summed E-state index contributed by atoms with van der Waals surface area (Å²) >= 11 is 0. The summed E-state index contributed by atoms with van der Waals surface area (Å²) in [6.45, 7) is 12.4. The first-order chi connectivity index (χ1) is 11.6. The average Bonchev–Trinajstić information content (AvgIpc) is 2.90. The quantitative estimate of drug-likeness (QED) is 0.364. The van der Waals surface area contributed by atoms with Gasteiger partial charge in [0.2, 0.25) is 0 Å². The molecule has 0 amide bonds. The van der Waals surface area contributed by atoms with Gasteiger partial charge in [0.1, 0.15) is 5.76 Å². The summed E-state index contributed by atoms with van der Waals surface area (Å²) in [6.07, 6.45) is 0.924. The molecule has 0 aliphatic rings. The molecule has 24 heavy (non-hydrogen) atoms. The minimum Gasteiger partial charge on any atom is -0.382 e. The van der Waals surface area contributed by atoms with E-state index in [4.69, 9.17) is 14.0 Å². The normalized spacial score (nSPS) is 13.1. The van der Waals surface area contributed by atoms with Crippen molar-refractivity contribution in [1.82, 2.24) is 15.8 Å². The second-order valence-corrected chi connectivity index (χ2v) is 5.74. The van der Waals surface area contributed by atoms with Crippen LogP contribution in [0.5, 0.6) is 0 Å². The molecule has 1 unspecified atom stereocenters. The van der Waals surface area contributed by atoms with Crippen molar-refractivity contribution in [1.29, 1.82) is 0 Å². The van der Waals surface area contributed by atoms with Gasteiger partial charge in [0.15, 0.2) is 5.96 Å². The molecule has 0 aliphatic carbocycles. The summed E-state index contributed by atoms with van der Waals surface area (Å²) in [5.41, 5.74) is 2.10. The highest BCUT2D eigenvalue weighted by atomic mass is 16.5. The number of guanidine groups is 1. The Kier molecular flexibility index (Phi) is 10.1. The Labute approximate surface area is 145 Å². The number of aryl methyl sites for hydroxylation is 2. The van der Waals surface area contributed by atoms with Crippen LogP contribution in [0.1, 0.15) is 43.2 Å². The first-order valence-corrected chi connectivity index (χ1v) is 8.61. The zero-order valence-electron chi connectivity index (χ0n) is 15.6. The van der Waals surface area contributed by atoms with Crippen LogP contribution in [-0.4, -0.2) is 57.7 Å². The molecule has 0 spiro atoms. The molecule has 0 aliphatic heterocycles. The van der Waals surface area contributed by atoms with Crippen molar-refractivity contribution in [2.45, 2.75) is 40.0 Å². The van der Waals surface area contributed by atoms with Crippen molar-refractivity contribution >= 4 is 5.96 Å². The van der Waals surface area contributed by atoms with Gasteiger partial charge in [0.05, 0.1) is 18.9 Å². The number of hydrogen-bond acceptors (Lipinski definition) is 5. The van der Waals surface area contributed by atoms with Gasteiger partial charge in [0.25, 0.3) is 0 Å². The fraction of sp³-hybridized carbons (Fsp3) is 0.765. The van der Waals surface area contributed by atoms with Crippen LogP contribution in [0.15, 0.2) is 9.52 Å². The molecular formula is C17H32N4O3. The van der Waals surface area contributed by atoms with E-state index in [-0.39, 0.29) is 5.92 Å². The van der Waals surface area contributed by atoms with E-state index < -0.39 is 0 Å². The fourth-order valence-corrected chi connectivity index (χ4v) is 2.48. The molecule has 1 heterocycles. The topological polar surface area (TPSA) is 80.9 Å². The van der Waals surface area contributed by atoms with Gasteiger partial charge in [-0.2, -0.15) is 0 Å². The van der Waals surface area contributed by atoms with Gasteiger partial charge in [-0.1, -0.05) is 12.1 Å². The lowest BCUT2D eigenvalue weighted by molar-refractivity contribution is 0.0698. The van der Waals surface area contributed by atoms with Crippen LogP contribution in [-0.2, 0) is 9.47 Å². The van der Waals surface area contributed by atoms with Gasteiger partial charge in [-0.05, 0) is 27.2 Å². The molecule has 0 saturated carbocycles. The largest absolute Gasteiger partial charge is 0.382 e. The Morgan fingerprint density at radius 1 is 1.25 bits per heavy atom. The Morgan fingerprint density at radius 3 is 2.67 bits per heavy atom. The van der Waals surface area contributed by atoms with Crippen molar-refractivity contribution < 1.29 is 14.0 Å². The van der Waals surface area contributed by atoms with E-state index in [0.29, 0.717) is 26.4 Å². The highest BCUT2D eigenvalue weighted by molar-refractivity contribution is 5.79. The van der Waals surface area contributed by atoms with Gasteiger partial charge in [-0.25, -0.2) is 0 Å². The maximum Gasteiger partial charge on any atom is 0.191 e. The molecule has 1 atom stereocenters. The highest BCUT2D eigenvalue weighted by Gasteiger charge is 2.16. The number of aliphatic imine (C=N–C) groups is 1. The van der Waals surface area contributed by atoms with E-state index >= 15 is 0 Å². The minimum absolute atomic E-state index is 0.268. The van der Waals surface area contributed by atoms with Gasteiger partial charge in [-0.15, -0.1) is 0 Å². The minimum atomic E-state index is 0.268. The van der Waals surface area contributed by atoms with Crippen LogP contribution in [0.3, 0.4) is 0 Å². The van der Waals surface area contributed by atoms with Gasteiger partial charge < -0.3 is 24.6 Å². The van der Waals surface area contributed by atoms with Crippen LogP contribution >= 0.6 is 0 Å². The lowest BCUT2D eigenvalue weighted by atomic mass is 10.00. The summed E-state index contributed by atoms with van der Waals surface area (Å²) in [7, 11) is 1.67. The van der Waals surface area contributed by atoms with E-state index in [1.165, 1.54) is 0 Å². The van der Waals surface area contributed by atoms with Crippen molar-refractivity contribution in [2.24, 2.45) is 4.99 Å². The standard InChI is InChI=1S/C17H32N4O3/c1-6-18-17(19-8-7-9-23-11-10-22-5)20-12-13(2)16-14(3)21-24-15(16)4/h13H,6-12H2,1-5H3,(H2,18,19,20). The predicted octanol–water partition coefficient (Wildman–Crippen LogP) is 2.00. The fourth-order valence-electron chi connectivity index (χ4n) is 2.48. The van der Waals surface area contributed by atoms with Crippen LogP contribution in [0.4, 0.5) is 0 Å². The number of ether oxygens (including phenoxy) is 2. The monoisotopic (exact) mass is 340 g/mol. The summed E-state index contributed by atoms with van der Waals surface area (Å²) in [6, 6.07) is 0.